The monoisotopic (exact) mass is 490 g/mol. The number of halogens is 3. The number of hydrogen-bond acceptors (Lipinski definition) is 3. The van der Waals surface area contributed by atoms with Crippen molar-refractivity contribution in [2.75, 3.05) is 0 Å². The highest BCUT2D eigenvalue weighted by molar-refractivity contribution is 9.10. The van der Waals surface area contributed by atoms with Gasteiger partial charge in [0.2, 0.25) is 0 Å². The molecule has 0 heterocycles. The maximum absolute atomic E-state index is 13.5. The molecule has 3 nitrogen and oxygen atoms in total. The number of ketones is 1. The lowest BCUT2D eigenvalue weighted by Gasteiger charge is -2.28. The first kappa shape index (κ1) is 22.4. The molecule has 0 saturated heterocycles. The summed E-state index contributed by atoms with van der Waals surface area (Å²) in [5.41, 5.74) is 0.547. The second-order valence-corrected chi connectivity index (χ2v) is 11.4. The van der Waals surface area contributed by atoms with E-state index in [2.05, 4.69) is 15.9 Å². The van der Waals surface area contributed by atoms with Crippen molar-refractivity contribution in [3.05, 3.63) is 63.6 Å². The summed E-state index contributed by atoms with van der Waals surface area (Å²) >= 11 is 15.7. The maximum atomic E-state index is 13.5. The van der Waals surface area contributed by atoms with Crippen LogP contribution in [0.2, 0.25) is 10.0 Å². The van der Waals surface area contributed by atoms with Crippen LogP contribution in [0.5, 0.6) is 0 Å². The lowest BCUT2D eigenvalue weighted by atomic mass is 9.87. The first-order valence-corrected chi connectivity index (χ1v) is 11.5. The molecule has 0 spiro atoms. The summed E-state index contributed by atoms with van der Waals surface area (Å²) in [5, 5.41) is -0.588. The van der Waals surface area contributed by atoms with Crippen LogP contribution < -0.4 is 0 Å². The summed E-state index contributed by atoms with van der Waals surface area (Å²) in [5.74, 6) is -0.228. The third-order valence-corrected chi connectivity index (χ3v) is 8.19. The molecule has 0 aliphatic carbocycles. The zero-order chi connectivity index (χ0) is 20.6. The van der Waals surface area contributed by atoms with Crippen LogP contribution >= 0.6 is 39.1 Å². The number of hydrogen-bond donors (Lipinski definition) is 0. The molecule has 0 radical (unpaired) electrons. The number of carbonyl (C=O) groups is 1. The van der Waals surface area contributed by atoms with Gasteiger partial charge in [-0.2, -0.15) is 0 Å². The molecule has 2 rings (SSSR count). The molecule has 0 amide bonds. The first-order chi connectivity index (χ1) is 12.4. The molecule has 0 bridgehead atoms. The van der Waals surface area contributed by atoms with Gasteiger partial charge < -0.3 is 0 Å². The van der Waals surface area contributed by atoms with Gasteiger partial charge in [0, 0.05) is 15.5 Å². The van der Waals surface area contributed by atoms with Gasteiger partial charge in [0.1, 0.15) is 5.25 Å². The molecule has 0 fully saturated rings. The second-order valence-electron chi connectivity index (χ2n) is 7.46. The fourth-order valence-corrected chi connectivity index (χ4v) is 6.84. The van der Waals surface area contributed by atoms with E-state index in [1.165, 1.54) is 6.07 Å². The van der Waals surface area contributed by atoms with E-state index in [9.17, 15) is 13.2 Å². The molecule has 27 heavy (non-hydrogen) atoms. The molecule has 2 atom stereocenters. The molecule has 7 heteroatoms. The lowest BCUT2D eigenvalue weighted by Crippen LogP contribution is -2.36. The zero-order valence-electron chi connectivity index (χ0n) is 15.5. The van der Waals surface area contributed by atoms with Crippen LogP contribution in [-0.2, 0) is 14.6 Å². The Morgan fingerprint density at radius 2 is 1.59 bits per heavy atom. The van der Waals surface area contributed by atoms with Crippen molar-refractivity contribution in [1.29, 1.82) is 0 Å². The Labute approximate surface area is 179 Å². The van der Waals surface area contributed by atoms with E-state index in [-0.39, 0.29) is 15.7 Å². The van der Waals surface area contributed by atoms with Crippen LogP contribution in [0.4, 0.5) is 0 Å². The minimum atomic E-state index is -3.91. The van der Waals surface area contributed by atoms with E-state index in [1.54, 1.807) is 57.2 Å². The van der Waals surface area contributed by atoms with Crippen molar-refractivity contribution < 1.29 is 13.2 Å². The van der Waals surface area contributed by atoms with Gasteiger partial charge in [0.25, 0.3) is 0 Å². The second kappa shape index (κ2) is 8.24. The average Bonchev–Trinajstić information content (AvgIpc) is 2.55. The van der Waals surface area contributed by atoms with Gasteiger partial charge >= 0.3 is 0 Å². The highest BCUT2D eigenvalue weighted by atomic mass is 79.9. The van der Waals surface area contributed by atoms with E-state index in [0.717, 1.165) is 5.56 Å². The van der Waals surface area contributed by atoms with Gasteiger partial charge in [-0.05, 0) is 36.8 Å². The number of Topliss-reactive ketones (excluding diaryl/α,β-unsaturated/α-hetero) is 1. The Balaban J connectivity index is 2.69. The Kier molecular flexibility index (Phi) is 6.84. The molecule has 2 aromatic rings. The van der Waals surface area contributed by atoms with Crippen molar-refractivity contribution >= 4 is 54.8 Å². The van der Waals surface area contributed by atoms with Gasteiger partial charge in [-0.15, -0.1) is 0 Å². The predicted molar refractivity (Wildman–Crippen MR) is 115 cm³/mol. The Morgan fingerprint density at radius 3 is 2.07 bits per heavy atom. The summed E-state index contributed by atoms with van der Waals surface area (Å²) < 4.78 is 27.0. The van der Waals surface area contributed by atoms with Gasteiger partial charge in [-0.1, -0.05) is 83.7 Å². The third kappa shape index (κ3) is 4.94. The average molecular weight is 492 g/mol. The molecule has 2 aromatic carbocycles. The van der Waals surface area contributed by atoms with Crippen LogP contribution in [0.15, 0.2) is 47.4 Å². The number of alkyl halides is 1. The van der Waals surface area contributed by atoms with Crippen LogP contribution in [0.1, 0.15) is 37.1 Å². The van der Waals surface area contributed by atoms with Gasteiger partial charge in [-0.25, -0.2) is 8.42 Å². The maximum Gasteiger partial charge on any atom is 0.186 e. The minimum Gasteiger partial charge on any atom is -0.298 e. The topological polar surface area (TPSA) is 51.2 Å². The number of benzene rings is 2. The zero-order valence-corrected chi connectivity index (χ0v) is 19.4. The molecule has 0 aliphatic rings. The summed E-state index contributed by atoms with van der Waals surface area (Å²) in [4.78, 5) is 12.1. The van der Waals surface area contributed by atoms with Crippen LogP contribution in [0.3, 0.4) is 0 Å². The van der Waals surface area contributed by atoms with Crippen molar-refractivity contribution in [2.45, 2.75) is 42.7 Å². The standard InChI is InChI=1S/C20H21BrCl2O3S/c1-12-5-8-14(9-6-12)27(25,26)18(17(21)19(24)20(2,3)4)15-10-7-13(22)11-16(15)23/h5-11,17-18H,1-4H3. The molecule has 2 unspecified atom stereocenters. The summed E-state index contributed by atoms with van der Waals surface area (Å²) in [6.07, 6.45) is 0. The van der Waals surface area contributed by atoms with E-state index in [1.807, 2.05) is 6.92 Å². The van der Waals surface area contributed by atoms with Crippen LogP contribution in [-0.4, -0.2) is 19.0 Å². The Morgan fingerprint density at radius 1 is 1.04 bits per heavy atom. The minimum absolute atomic E-state index is 0.135. The van der Waals surface area contributed by atoms with E-state index in [0.29, 0.717) is 10.6 Å². The van der Waals surface area contributed by atoms with Crippen molar-refractivity contribution in [3.8, 4) is 0 Å². The van der Waals surface area contributed by atoms with E-state index < -0.39 is 25.3 Å². The smallest absolute Gasteiger partial charge is 0.186 e. The van der Waals surface area contributed by atoms with E-state index >= 15 is 0 Å². The first-order valence-electron chi connectivity index (χ1n) is 8.29. The highest BCUT2D eigenvalue weighted by Crippen LogP contribution is 2.41. The van der Waals surface area contributed by atoms with Gasteiger partial charge in [-0.3, -0.25) is 4.79 Å². The molecular weight excluding hydrogens is 471 g/mol. The number of sulfone groups is 1. The molecule has 0 aliphatic heterocycles. The molecular formula is C20H21BrCl2O3S. The molecule has 146 valence electrons. The summed E-state index contributed by atoms with van der Waals surface area (Å²) in [7, 11) is -3.91. The quantitative estimate of drug-likeness (QED) is 0.468. The number of rotatable bonds is 5. The van der Waals surface area contributed by atoms with Gasteiger partial charge in [0.05, 0.1) is 9.72 Å². The van der Waals surface area contributed by atoms with Crippen molar-refractivity contribution in [2.24, 2.45) is 5.41 Å². The molecule has 0 saturated carbocycles. The SMILES string of the molecule is Cc1ccc(S(=O)(=O)C(c2ccc(Cl)cc2Cl)C(Br)C(=O)C(C)(C)C)cc1. The Bertz CT molecular complexity index is 948. The third-order valence-electron chi connectivity index (χ3n) is 4.21. The van der Waals surface area contributed by atoms with Crippen molar-refractivity contribution in [1.82, 2.24) is 0 Å². The number of carbonyl (C=O) groups excluding carboxylic acids is 1. The predicted octanol–water partition coefficient (Wildman–Crippen LogP) is 6.20. The van der Waals surface area contributed by atoms with E-state index in [4.69, 9.17) is 23.2 Å². The van der Waals surface area contributed by atoms with Crippen molar-refractivity contribution in [3.63, 3.8) is 0 Å². The Hall–Kier alpha value is -0.880. The highest BCUT2D eigenvalue weighted by Gasteiger charge is 2.42. The fraction of sp³-hybridized carbons (Fsp3) is 0.350. The molecule has 0 N–H and O–H groups in total. The summed E-state index contributed by atoms with van der Waals surface area (Å²) in [6, 6.07) is 11.2. The largest absolute Gasteiger partial charge is 0.298 e. The normalized spacial score (nSPS) is 14.6. The summed E-state index contributed by atoms with van der Waals surface area (Å²) in [6.45, 7) is 7.13. The van der Waals surface area contributed by atoms with Gasteiger partial charge in [0.15, 0.2) is 15.6 Å². The molecule has 0 aromatic heterocycles. The van der Waals surface area contributed by atoms with Crippen LogP contribution in [0.25, 0.3) is 0 Å². The van der Waals surface area contributed by atoms with Crippen LogP contribution in [0, 0.1) is 12.3 Å². The lowest BCUT2D eigenvalue weighted by molar-refractivity contribution is -0.125. The number of aryl methyl sites for hydroxylation is 1. The fourth-order valence-electron chi connectivity index (χ4n) is 2.64.